The Kier molecular flexibility index (Phi) is 3.99. The molecular weight excluding hydrogens is 274 g/mol. The number of benzene rings is 2. The lowest BCUT2D eigenvalue weighted by Gasteiger charge is -2.27. The van der Waals surface area contributed by atoms with E-state index >= 15 is 0 Å². The van der Waals surface area contributed by atoms with Crippen LogP contribution >= 0.6 is 0 Å². The van der Waals surface area contributed by atoms with Crippen molar-refractivity contribution in [2.45, 2.75) is 13.2 Å². The van der Waals surface area contributed by atoms with Gasteiger partial charge in [0.15, 0.2) is 17.9 Å². The molecule has 0 amide bonds. The standard InChI is InChI=1S/C17H16F2O2/c1-11-9-20-17(21-10-11)13-7-5-12(6-8-13)14-3-2-4-15(18)16(14)19/h2-8,11,17H,9-10H2,1H3. The van der Waals surface area contributed by atoms with Gasteiger partial charge in [0, 0.05) is 17.0 Å². The first-order valence-electron chi connectivity index (χ1n) is 6.92. The van der Waals surface area contributed by atoms with Gasteiger partial charge in [0.25, 0.3) is 0 Å². The van der Waals surface area contributed by atoms with Crippen LogP contribution in [0.1, 0.15) is 18.8 Å². The largest absolute Gasteiger partial charge is 0.348 e. The molecule has 4 heteroatoms. The van der Waals surface area contributed by atoms with Crippen molar-refractivity contribution in [3.63, 3.8) is 0 Å². The first-order valence-corrected chi connectivity index (χ1v) is 6.92. The third kappa shape index (κ3) is 2.96. The van der Waals surface area contributed by atoms with Crippen LogP contribution in [-0.2, 0) is 9.47 Å². The SMILES string of the molecule is CC1COC(c2ccc(-c3cccc(F)c3F)cc2)OC1. The molecule has 1 aliphatic rings. The Balaban J connectivity index is 1.82. The van der Waals surface area contributed by atoms with Gasteiger partial charge in [-0.25, -0.2) is 8.78 Å². The van der Waals surface area contributed by atoms with E-state index in [4.69, 9.17) is 9.47 Å². The van der Waals surface area contributed by atoms with Gasteiger partial charge >= 0.3 is 0 Å². The maximum absolute atomic E-state index is 13.8. The molecule has 3 rings (SSSR count). The molecule has 0 aromatic heterocycles. The Morgan fingerprint density at radius 1 is 0.952 bits per heavy atom. The topological polar surface area (TPSA) is 18.5 Å². The van der Waals surface area contributed by atoms with E-state index in [1.807, 2.05) is 12.1 Å². The van der Waals surface area contributed by atoms with Crippen LogP contribution in [0.3, 0.4) is 0 Å². The van der Waals surface area contributed by atoms with Crippen molar-refractivity contribution in [1.82, 2.24) is 0 Å². The van der Waals surface area contributed by atoms with Crippen LogP contribution in [0.25, 0.3) is 11.1 Å². The Bertz CT molecular complexity index is 617. The predicted octanol–water partition coefficient (Wildman–Crippen LogP) is 4.31. The minimum Gasteiger partial charge on any atom is -0.348 e. The molecule has 1 saturated heterocycles. The van der Waals surface area contributed by atoms with Gasteiger partial charge in [-0.05, 0) is 11.6 Å². The third-order valence-corrected chi connectivity index (χ3v) is 3.51. The molecule has 110 valence electrons. The summed E-state index contributed by atoms with van der Waals surface area (Å²) in [5, 5.41) is 0. The quantitative estimate of drug-likeness (QED) is 0.820. The number of halogens is 2. The van der Waals surface area contributed by atoms with Crippen molar-refractivity contribution >= 4 is 0 Å². The lowest BCUT2D eigenvalue weighted by atomic mass is 10.0. The van der Waals surface area contributed by atoms with Crippen molar-refractivity contribution in [1.29, 1.82) is 0 Å². The average molecular weight is 290 g/mol. The minimum atomic E-state index is -0.843. The highest BCUT2D eigenvalue weighted by Gasteiger charge is 2.20. The smallest absolute Gasteiger partial charge is 0.183 e. The molecule has 1 fully saturated rings. The predicted molar refractivity (Wildman–Crippen MR) is 75.6 cm³/mol. The van der Waals surface area contributed by atoms with E-state index in [-0.39, 0.29) is 11.9 Å². The van der Waals surface area contributed by atoms with Gasteiger partial charge in [0.1, 0.15) is 0 Å². The van der Waals surface area contributed by atoms with Gasteiger partial charge in [-0.3, -0.25) is 0 Å². The van der Waals surface area contributed by atoms with Crippen LogP contribution in [0.15, 0.2) is 42.5 Å². The van der Waals surface area contributed by atoms with E-state index in [1.54, 1.807) is 18.2 Å². The zero-order chi connectivity index (χ0) is 14.8. The maximum Gasteiger partial charge on any atom is 0.183 e. The van der Waals surface area contributed by atoms with Crippen LogP contribution < -0.4 is 0 Å². The third-order valence-electron chi connectivity index (χ3n) is 3.51. The fourth-order valence-electron chi connectivity index (χ4n) is 2.34. The van der Waals surface area contributed by atoms with E-state index in [1.165, 1.54) is 6.07 Å². The first-order chi connectivity index (χ1) is 10.1. The molecule has 0 atom stereocenters. The molecule has 0 spiro atoms. The summed E-state index contributed by atoms with van der Waals surface area (Å²) in [5.41, 5.74) is 1.75. The summed E-state index contributed by atoms with van der Waals surface area (Å²) >= 11 is 0. The van der Waals surface area contributed by atoms with Crippen LogP contribution in [0, 0.1) is 17.6 Å². The second-order valence-electron chi connectivity index (χ2n) is 5.33. The van der Waals surface area contributed by atoms with Crippen molar-refractivity contribution in [3.8, 4) is 11.1 Å². The van der Waals surface area contributed by atoms with Gasteiger partial charge in [-0.15, -0.1) is 0 Å². The molecule has 0 N–H and O–H groups in total. The van der Waals surface area contributed by atoms with Gasteiger partial charge < -0.3 is 9.47 Å². The highest BCUT2D eigenvalue weighted by Crippen LogP contribution is 2.29. The summed E-state index contributed by atoms with van der Waals surface area (Å²) in [6, 6.07) is 11.3. The molecule has 2 aromatic rings. The molecule has 21 heavy (non-hydrogen) atoms. The molecular formula is C17H16F2O2. The summed E-state index contributed by atoms with van der Waals surface area (Å²) in [7, 11) is 0. The van der Waals surface area contributed by atoms with Crippen molar-refractivity contribution in [2.24, 2.45) is 5.92 Å². The molecule has 2 nitrogen and oxygen atoms in total. The van der Waals surface area contributed by atoms with Gasteiger partial charge in [0.2, 0.25) is 0 Å². The monoisotopic (exact) mass is 290 g/mol. The van der Waals surface area contributed by atoms with E-state index < -0.39 is 11.6 Å². The number of ether oxygens (including phenoxy) is 2. The fourth-order valence-corrected chi connectivity index (χ4v) is 2.34. The van der Waals surface area contributed by atoms with Crippen LogP contribution in [0.2, 0.25) is 0 Å². The van der Waals surface area contributed by atoms with Crippen molar-refractivity contribution in [2.75, 3.05) is 13.2 Å². The van der Waals surface area contributed by atoms with E-state index in [9.17, 15) is 8.78 Å². The summed E-state index contributed by atoms with van der Waals surface area (Å²) in [6.45, 7) is 3.38. The summed E-state index contributed by atoms with van der Waals surface area (Å²) in [5.74, 6) is -1.28. The zero-order valence-corrected chi connectivity index (χ0v) is 11.7. The van der Waals surface area contributed by atoms with Crippen molar-refractivity contribution < 1.29 is 18.3 Å². The van der Waals surface area contributed by atoms with Crippen LogP contribution in [-0.4, -0.2) is 13.2 Å². The highest BCUT2D eigenvalue weighted by molar-refractivity contribution is 5.64. The number of rotatable bonds is 2. The van der Waals surface area contributed by atoms with E-state index in [0.29, 0.717) is 24.7 Å². The Hall–Kier alpha value is -1.78. The molecule has 0 radical (unpaired) electrons. The Morgan fingerprint density at radius 3 is 2.29 bits per heavy atom. The molecule has 0 bridgehead atoms. The highest BCUT2D eigenvalue weighted by atomic mass is 19.2. The fraction of sp³-hybridized carbons (Fsp3) is 0.294. The molecule has 2 aromatic carbocycles. The summed E-state index contributed by atoms with van der Waals surface area (Å²) in [4.78, 5) is 0. The minimum absolute atomic E-state index is 0.251. The number of hydrogen-bond donors (Lipinski definition) is 0. The zero-order valence-electron chi connectivity index (χ0n) is 11.7. The lowest BCUT2D eigenvalue weighted by molar-refractivity contribution is -0.202. The second-order valence-corrected chi connectivity index (χ2v) is 5.33. The molecule has 1 heterocycles. The average Bonchev–Trinajstić information content (AvgIpc) is 2.51. The van der Waals surface area contributed by atoms with E-state index in [2.05, 4.69) is 6.92 Å². The molecule has 0 aliphatic carbocycles. The van der Waals surface area contributed by atoms with Gasteiger partial charge in [-0.2, -0.15) is 0 Å². The molecule has 1 aliphatic heterocycles. The number of hydrogen-bond acceptors (Lipinski definition) is 2. The van der Waals surface area contributed by atoms with Crippen LogP contribution in [0.4, 0.5) is 8.78 Å². The van der Waals surface area contributed by atoms with Crippen molar-refractivity contribution in [3.05, 3.63) is 59.7 Å². The Labute approximate surface area is 122 Å². The first kappa shape index (κ1) is 14.2. The maximum atomic E-state index is 13.8. The molecule has 0 saturated carbocycles. The van der Waals surface area contributed by atoms with Gasteiger partial charge in [0.05, 0.1) is 13.2 Å². The van der Waals surface area contributed by atoms with Gasteiger partial charge in [-0.1, -0.05) is 43.3 Å². The lowest BCUT2D eigenvalue weighted by Crippen LogP contribution is -2.24. The normalized spacial score (nSPS) is 22.2. The van der Waals surface area contributed by atoms with E-state index in [0.717, 1.165) is 11.6 Å². The second kappa shape index (κ2) is 5.92. The molecule has 0 unspecified atom stereocenters. The Morgan fingerprint density at radius 2 is 1.62 bits per heavy atom. The summed E-state index contributed by atoms with van der Waals surface area (Å²) < 4.78 is 38.2. The summed E-state index contributed by atoms with van der Waals surface area (Å²) in [6.07, 6.45) is -0.382. The van der Waals surface area contributed by atoms with Crippen LogP contribution in [0.5, 0.6) is 0 Å².